The average Bonchev–Trinajstić information content (AvgIpc) is 3.27. The first kappa shape index (κ1) is 26.2. The van der Waals surface area contributed by atoms with Crippen LogP contribution in [0.4, 0.5) is 0 Å². The molecule has 3 heterocycles. The van der Waals surface area contributed by atoms with Gasteiger partial charge < -0.3 is 9.30 Å². The minimum atomic E-state index is 0.812. The molecule has 5 heteroatoms. The first-order valence-corrected chi connectivity index (χ1v) is 14.0. The van der Waals surface area contributed by atoms with E-state index in [1.54, 1.807) is 0 Å². The Morgan fingerprint density at radius 1 is 1.11 bits per heavy atom. The highest BCUT2D eigenvalue weighted by molar-refractivity contribution is 5.80. The molecule has 0 N–H and O–H groups in total. The minimum Gasteiger partial charge on any atom is -0.304 e. The Hall–Kier alpha value is -3.46. The molecule has 1 saturated carbocycles. The molecule has 0 bridgehead atoms. The smallest absolute Gasteiger partial charge is 0.137 e. The second kappa shape index (κ2) is 11.9. The number of hydrogen-bond acceptors (Lipinski definition) is 4. The van der Waals surface area contributed by atoms with Gasteiger partial charge in [-0.3, -0.25) is 4.90 Å². The van der Waals surface area contributed by atoms with Crippen molar-refractivity contribution in [2.24, 2.45) is 5.92 Å². The largest absolute Gasteiger partial charge is 0.304 e. The molecule has 38 heavy (non-hydrogen) atoms. The SMILES string of the molecule is C=CC1CCC1.Cc1cccc(-c2nc3ccc(C4=C(C#N)CCC=C4)cn3c2CN2CCN(C)CC2)c1. The van der Waals surface area contributed by atoms with Crippen LogP contribution in [0.5, 0.6) is 0 Å². The summed E-state index contributed by atoms with van der Waals surface area (Å²) in [5.41, 5.74) is 8.61. The van der Waals surface area contributed by atoms with Crippen LogP contribution in [0, 0.1) is 24.2 Å². The number of rotatable bonds is 5. The van der Waals surface area contributed by atoms with Crippen LogP contribution >= 0.6 is 0 Å². The highest BCUT2D eigenvalue weighted by Gasteiger charge is 2.21. The highest BCUT2D eigenvalue weighted by atomic mass is 15.3. The molecule has 0 unspecified atom stereocenters. The lowest BCUT2D eigenvalue weighted by Crippen LogP contribution is -2.44. The summed E-state index contributed by atoms with van der Waals surface area (Å²) in [6.07, 6.45) is 14.5. The molecule has 1 saturated heterocycles. The summed E-state index contributed by atoms with van der Waals surface area (Å²) < 4.78 is 2.25. The summed E-state index contributed by atoms with van der Waals surface area (Å²) in [6, 6.07) is 15.2. The Balaban J connectivity index is 0.000000433. The van der Waals surface area contributed by atoms with Gasteiger partial charge in [0.15, 0.2) is 0 Å². The molecular weight excluding hydrogens is 466 g/mol. The third-order valence-electron chi connectivity index (χ3n) is 8.08. The fraction of sp³-hybridized carbons (Fsp3) is 0.394. The number of likely N-dealkylation sites (N-methyl/N-ethyl adjacent to an activating group) is 1. The van der Waals surface area contributed by atoms with Gasteiger partial charge in [0, 0.05) is 50.1 Å². The zero-order chi connectivity index (χ0) is 26.5. The number of benzene rings is 1. The minimum absolute atomic E-state index is 0.812. The summed E-state index contributed by atoms with van der Waals surface area (Å²) >= 11 is 0. The van der Waals surface area contributed by atoms with Gasteiger partial charge in [0.05, 0.1) is 17.5 Å². The van der Waals surface area contributed by atoms with Crippen molar-refractivity contribution in [3.8, 4) is 17.3 Å². The van der Waals surface area contributed by atoms with Gasteiger partial charge in [-0.15, -0.1) is 6.58 Å². The lowest BCUT2D eigenvalue weighted by atomic mass is 9.86. The van der Waals surface area contributed by atoms with Crippen LogP contribution in [0.3, 0.4) is 0 Å². The molecule has 0 spiro atoms. The molecule has 3 aromatic rings. The normalized spacial score (nSPS) is 18.6. The van der Waals surface area contributed by atoms with E-state index in [9.17, 15) is 5.26 Å². The number of pyridine rings is 1. The van der Waals surface area contributed by atoms with Crippen LogP contribution in [0.2, 0.25) is 0 Å². The molecule has 196 valence electrons. The molecule has 0 atom stereocenters. The monoisotopic (exact) mass is 505 g/mol. The summed E-state index contributed by atoms with van der Waals surface area (Å²) in [6.45, 7) is 11.0. The van der Waals surface area contributed by atoms with Crippen LogP contribution in [-0.4, -0.2) is 52.4 Å². The first-order valence-electron chi connectivity index (χ1n) is 14.0. The average molecular weight is 506 g/mol. The summed E-state index contributed by atoms with van der Waals surface area (Å²) in [5.74, 6) is 0.880. The number of piperazine rings is 1. The Morgan fingerprint density at radius 3 is 2.58 bits per heavy atom. The highest BCUT2D eigenvalue weighted by Crippen LogP contribution is 2.31. The summed E-state index contributed by atoms with van der Waals surface area (Å²) in [7, 11) is 2.19. The third-order valence-corrected chi connectivity index (χ3v) is 8.08. The number of nitriles is 1. The van der Waals surface area contributed by atoms with Gasteiger partial charge in [0.25, 0.3) is 0 Å². The van der Waals surface area contributed by atoms with Crippen molar-refractivity contribution in [2.45, 2.75) is 45.6 Å². The maximum Gasteiger partial charge on any atom is 0.137 e. The quantitative estimate of drug-likeness (QED) is 0.364. The van der Waals surface area contributed by atoms with Crippen LogP contribution in [0.25, 0.3) is 22.5 Å². The second-order valence-corrected chi connectivity index (χ2v) is 10.9. The number of aromatic nitrogens is 2. The standard InChI is InChI=1S/C27H29N5.C6H10/c1-20-6-5-8-21(16-20)27-25(19-31-14-12-30(2)13-15-31)32-18-23(10-11-26(32)29-27)24-9-4-3-7-22(24)17-28;1-2-6-4-3-5-6/h4-6,8-11,16,18H,3,7,12-15,19H2,1-2H3;2,6H,1,3-5H2. The Labute approximate surface area is 227 Å². The molecule has 3 aliphatic rings. The van der Waals surface area contributed by atoms with Gasteiger partial charge >= 0.3 is 0 Å². The van der Waals surface area contributed by atoms with Crippen molar-refractivity contribution in [1.82, 2.24) is 19.2 Å². The zero-order valence-corrected chi connectivity index (χ0v) is 22.9. The molecule has 5 nitrogen and oxygen atoms in total. The molecular formula is C33H39N5. The lowest BCUT2D eigenvalue weighted by molar-refractivity contribution is 0.147. The molecule has 2 aliphatic carbocycles. The van der Waals surface area contributed by atoms with Crippen molar-refractivity contribution in [3.05, 3.63) is 89.8 Å². The van der Waals surface area contributed by atoms with E-state index >= 15 is 0 Å². The lowest BCUT2D eigenvalue weighted by Gasteiger charge is -2.32. The van der Waals surface area contributed by atoms with E-state index in [0.29, 0.717) is 0 Å². The Kier molecular flexibility index (Phi) is 8.22. The van der Waals surface area contributed by atoms with Crippen molar-refractivity contribution in [2.75, 3.05) is 33.2 Å². The van der Waals surface area contributed by atoms with Crippen molar-refractivity contribution < 1.29 is 0 Å². The van der Waals surface area contributed by atoms with Gasteiger partial charge in [-0.2, -0.15) is 5.26 Å². The predicted molar refractivity (Wildman–Crippen MR) is 157 cm³/mol. The van der Waals surface area contributed by atoms with E-state index in [-0.39, 0.29) is 0 Å². The molecule has 1 aliphatic heterocycles. The second-order valence-electron chi connectivity index (χ2n) is 10.9. The number of allylic oxidation sites excluding steroid dienone is 5. The molecule has 6 rings (SSSR count). The van der Waals surface area contributed by atoms with E-state index in [4.69, 9.17) is 4.98 Å². The van der Waals surface area contributed by atoms with Crippen molar-refractivity contribution >= 4 is 11.2 Å². The zero-order valence-electron chi connectivity index (χ0n) is 22.9. The summed E-state index contributed by atoms with van der Waals surface area (Å²) in [4.78, 5) is 9.97. The Bertz CT molecular complexity index is 1390. The molecule has 0 amide bonds. The molecule has 2 fully saturated rings. The van der Waals surface area contributed by atoms with Gasteiger partial charge in [-0.1, -0.05) is 48.4 Å². The van der Waals surface area contributed by atoms with Gasteiger partial charge in [0.2, 0.25) is 0 Å². The van der Waals surface area contributed by atoms with Crippen LogP contribution < -0.4 is 0 Å². The fourth-order valence-electron chi connectivity index (χ4n) is 5.37. The predicted octanol–water partition coefficient (Wildman–Crippen LogP) is 6.66. The topological polar surface area (TPSA) is 47.6 Å². The van der Waals surface area contributed by atoms with Crippen molar-refractivity contribution in [1.29, 1.82) is 5.26 Å². The Morgan fingerprint density at radius 2 is 1.92 bits per heavy atom. The number of aryl methyl sites for hydroxylation is 1. The molecule has 0 radical (unpaired) electrons. The van der Waals surface area contributed by atoms with Crippen LogP contribution in [0.1, 0.15) is 48.9 Å². The summed E-state index contributed by atoms with van der Waals surface area (Å²) in [5, 5.41) is 9.64. The number of hydrogen-bond donors (Lipinski definition) is 0. The van der Waals surface area contributed by atoms with E-state index < -0.39 is 0 Å². The maximum atomic E-state index is 9.64. The number of imidazole rings is 1. The molecule has 1 aromatic carbocycles. The molecule has 2 aromatic heterocycles. The van der Waals surface area contributed by atoms with E-state index in [2.05, 4.69) is 102 Å². The van der Waals surface area contributed by atoms with Gasteiger partial charge in [-0.25, -0.2) is 4.98 Å². The van der Waals surface area contributed by atoms with E-state index in [0.717, 1.165) is 85.1 Å². The van der Waals surface area contributed by atoms with Crippen LogP contribution in [-0.2, 0) is 6.54 Å². The van der Waals surface area contributed by atoms with Gasteiger partial charge in [-0.05, 0) is 74.9 Å². The fourth-order valence-corrected chi connectivity index (χ4v) is 5.37. The van der Waals surface area contributed by atoms with E-state index in [1.807, 2.05) is 0 Å². The maximum absolute atomic E-state index is 9.64. The van der Waals surface area contributed by atoms with E-state index in [1.165, 1.54) is 30.5 Å². The van der Waals surface area contributed by atoms with Crippen molar-refractivity contribution in [3.63, 3.8) is 0 Å². The first-order chi connectivity index (χ1) is 18.6. The number of nitrogens with zero attached hydrogens (tertiary/aromatic N) is 5. The van der Waals surface area contributed by atoms with Gasteiger partial charge in [0.1, 0.15) is 5.65 Å². The van der Waals surface area contributed by atoms with Crippen LogP contribution in [0.15, 0.2) is 73.0 Å². The number of fused-ring (bicyclic) bond motifs is 1. The third kappa shape index (κ3) is 5.83.